The molecule has 1 aromatic heterocycles. The SMILES string of the molecule is Cn1ccnc1C(NC(=O)CCc1cccc(OC2CCCC2)c1)c1cccc(F)c1. The van der Waals surface area contributed by atoms with Crippen molar-refractivity contribution in [3.8, 4) is 5.75 Å². The van der Waals surface area contributed by atoms with Gasteiger partial charge in [0.1, 0.15) is 23.4 Å². The maximum absolute atomic E-state index is 13.8. The number of aryl methyl sites for hydroxylation is 2. The van der Waals surface area contributed by atoms with Gasteiger partial charge >= 0.3 is 0 Å². The van der Waals surface area contributed by atoms with Crippen molar-refractivity contribution in [3.63, 3.8) is 0 Å². The van der Waals surface area contributed by atoms with E-state index >= 15 is 0 Å². The Kier molecular flexibility index (Phi) is 6.65. The van der Waals surface area contributed by atoms with Crippen LogP contribution in [0.5, 0.6) is 5.75 Å². The first-order valence-corrected chi connectivity index (χ1v) is 10.9. The number of benzene rings is 2. The summed E-state index contributed by atoms with van der Waals surface area (Å²) in [5, 5.41) is 3.03. The largest absolute Gasteiger partial charge is 0.490 e. The van der Waals surface area contributed by atoms with Crippen LogP contribution in [-0.2, 0) is 18.3 Å². The van der Waals surface area contributed by atoms with Gasteiger partial charge in [0, 0.05) is 25.9 Å². The Morgan fingerprint density at radius 3 is 2.77 bits per heavy atom. The molecule has 1 aliphatic carbocycles. The minimum absolute atomic E-state index is 0.112. The summed E-state index contributed by atoms with van der Waals surface area (Å²) in [6.45, 7) is 0. The third kappa shape index (κ3) is 5.51. The first kappa shape index (κ1) is 21.1. The van der Waals surface area contributed by atoms with Crippen molar-refractivity contribution in [3.05, 3.63) is 83.7 Å². The molecule has 31 heavy (non-hydrogen) atoms. The summed E-state index contributed by atoms with van der Waals surface area (Å²) in [4.78, 5) is 17.1. The van der Waals surface area contributed by atoms with Crippen molar-refractivity contribution in [1.29, 1.82) is 0 Å². The zero-order valence-corrected chi connectivity index (χ0v) is 17.8. The van der Waals surface area contributed by atoms with E-state index in [0.29, 0.717) is 30.3 Å². The quantitative estimate of drug-likeness (QED) is 0.573. The van der Waals surface area contributed by atoms with E-state index in [1.54, 1.807) is 18.3 Å². The van der Waals surface area contributed by atoms with Crippen LogP contribution in [0, 0.1) is 5.82 Å². The molecule has 2 aromatic carbocycles. The Labute approximate surface area is 182 Å². The zero-order chi connectivity index (χ0) is 21.6. The molecule has 3 aromatic rings. The fourth-order valence-corrected chi connectivity index (χ4v) is 4.10. The average molecular weight is 422 g/mol. The number of nitrogens with zero attached hydrogens (tertiary/aromatic N) is 2. The maximum atomic E-state index is 13.8. The number of ether oxygens (including phenoxy) is 1. The number of hydrogen-bond donors (Lipinski definition) is 1. The van der Waals surface area contributed by atoms with Gasteiger partial charge in [0.2, 0.25) is 5.91 Å². The minimum atomic E-state index is -0.514. The predicted molar refractivity (Wildman–Crippen MR) is 117 cm³/mol. The highest BCUT2D eigenvalue weighted by molar-refractivity contribution is 5.77. The third-order valence-corrected chi connectivity index (χ3v) is 5.75. The molecule has 162 valence electrons. The van der Waals surface area contributed by atoms with E-state index in [2.05, 4.69) is 10.3 Å². The number of carbonyl (C=O) groups excluding carboxylic acids is 1. The fourth-order valence-electron chi connectivity index (χ4n) is 4.10. The van der Waals surface area contributed by atoms with Gasteiger partial charge in [-0.15, -0.1) is 0 Å². The number of nitrogens with one attached hydrogen (secondary N) is 1. The van der Waals surface area contributed by atoms with E-state index in [9.17, 15) is 9.18 Å². The molecule has 1 unspecified atom stereocenters. The van der Waals surface area contributed by atoms with E-state index in [-0.39, 0.29) is 11.7 Å². The van der Waals surface area contributed by atoms with Gasteiger partial charge in [-0.25, -0.2) is 9.37 Å². The summed E-state index contributed by atoms with van der Waals surface area (Å²) in [7, 11) is 1.86. The molecule has 6 heteroatoms. The Bertz CT molecular complexity index is 1030. The summed E-state index contributed by atoms with van der Waals surface area (Å²) < 4.78 is 21.7. The molecule has 1 amide bonds. The van der Waals surface area contributed by atoms with E-state index in [0.717, 1.165) is 24.2 Å². The Balaban J connectivity index is 1.41. The summed E-state index contributed by atoms with van der Waals surface area (Å²) in [6, 6.07) is 13.7. The van der Waals surface area contributed by atoms with Crippen LogP contribution in [0.3, 0.4) is 0 Å². The highest BCUT2D eigenvalue weighted by atomic mass is 19.1. The molecule has 1 fully saturated rings. The fraction of sp³-hybridized carbons (Fsp3) is 0.360. The van der Waals surface area contributed by atoms with E-state index < -0.39 is 6.04 Å². The number of rotatable bonds is 8. The van der Waals surface area contributed by atoms with Crippen molar-refractivity contribution >= 4 is 5.91 Å². The second-order valence-electron chi connectivity index (χ2n) is 8.12. The number of amides is 1. The summed E-state index contributed by atoms with van der Waals surface area (Å²) in [6.07, 6.45) is 9.40. The topological polar surface area (TPSA) is 56.2 Å². The summed E-state index contributed by atoms with van der Waals surface area (Å²) >= 11 is 0. The third-order valence-electron chi connectivity index (χ3n) is 5.75. The molecule has 1 heterocycles. The molecule has 0 radical (unpaired) electrons. The molecule has 4 rings (SSSR count). The number of halogens is 1. The van der Waals surface area contributed by atoms with E-state index in [1.165, 1.54) is 25.0 Å². The lowest BCUT2D eigenvalue weighted by Crippen LogP contribution is -2.31. The van der Waals surface area contributed by atoms with Crippen LogP contribution in [0.2, 0.25) is 0 Å². The predicted octanol–water partition coefficient (Wildman–Crippen LogP) is 4.72. The molecule has 0 aliphatic heterocycles. The monoisotopic (exact) mass is 421 g/mol. The van der Waals surface area contributed by atoms with Crippen molar-refractivity contribution in [2.45, 2.75) is 50.7 Å². The molecule has 1 saturated carbocycles. The smallest absolute Gasteiger partial charge is 0.221 e. The Morgan fingerprint density at radius 1 is 1.23 bits per heavy atom. The molecule has 0 spiro atoms. The van der Waals surface area contributed by atoms with Crippen LogP contribution >= 0.6 is 0 Å². The molecule has 1 aliphatic rings. The average Bonchev–Trinajstić information content (AvgIpc) is 3.42. The molecule has 1 N–H and O–H groups in total. The van der Waals surface area contributed by atoms with Crippen LogP contribution in [0.25, 0.3) is 0 Å². The lowest BCUT2D eigenvalue weighted by atomic mass is 10.0. The van der Waals surface area contributed by atoms with Gasteiger partial charge in [0.05, 0.1) is 6.10 Å². The number of aromatic nitrogens is 2. The second kappa shape index (κ2) is 9.77. The van der Waals surface area contributed by atoms with Gasteiger partial charge in [-0.05, 0) is 67.5 Å². The minimum Gasteiger partial charge on any atom is -0.490 e. The normalized spacial score (nSPS) is 15.0. The van der Waals surface area contributed by atoms with Crippen LogP contribution in [0.15, 0.2) is 60.9 Å². The first-order valence-electron chi connectivity index (χ1n) is 10.9. The summed E-state index contributed by atoms with van der Waals surface area (Å²) in [5.74, 6) is 1.07. The second-order valence-corrected chi connectivity index (χ2v) is 8.12. The lowest BCUT2D eigenvalue weighted by Gasteiger charge is -2.19. The van der Waals surface area contributed by atoms with Gasteiger partial charge in [0.25, 0.3) is 0 Å². The van der Waals surface area contributed by atoms with Crippen molar-refractivity contribution < 1.29 is 13.9 Å². The number of carbonyl (C=O) groups is 1. The van der Waals surface area contributed by atoms with Gasteiger partial charge in [-0.2, -0.15) is 0 Å². The standard InChI is InChI=1S/C25H28FN3O2/c1-29-15-14-27-25(29)24(19-7-5-8-20(26)17-19)28-23(30)13-12-18-6-4-11-22(16-18)31-21-9-2-3-10-21/h4-8,11,14-17,21,24H,2-3,9-10,12-13H2,1H3,(H,28,30). The van der Waals surface area contributed by atoms with Crippen molar-refractivity contribution in [1.82, 2.24) is 14.9 Å². The van der Waals surface area contributed by atoms with Gasteiger partial charge in [0.15, 0.2) is 0 Å². The van der Waals surface area contributed by atoms with E-state index in [1.807, 2.05) is 42.1 Å². The van der Waals surface area contributed by atoms with Crippen LogP contribution in [0.4, 0.5) is 4.39 Å². The molecule has 0 bridgehead atoms. The molecular formula is C25H28FN3O2. The van der Waals surface area contributed by atoms with Crippen molar-refractivity contribution in [2.24, 2.45) is 7.05 Å². The first-order chi connectivity index (χ1) is 15.1. The highest BCUT2D eigenvalue weighted by Gasteiger charge is 2.21. The molecule has 0 saturated heterocycles. The van der Waals surface area contributed by atoms with Crippen LogP contribution in [-0.4, -0.2) is 21.6 Å². The maximum Gasteiger partial charge on any atom is 0.221 e. The van der Waals surface area contributed by atoms with Crippen molar-refractivity contribution in [2.75, 3.05) is 0 Å². The number of imidazole rings is 1. The zero-order valence-electron chi connectivity index (χ0n) is 17.8. The number of hydrogen-bond acceptors (Lipinski definition) is 3. The van der Waals surface area contributed by atoms with Gasteiger partial charge in [-0.3, -0.25) is 4.79 Å². The summed E-state index contributed by atoms with van der Waals surface area (Å²) in [5.41, 5.74) is 1.72. The van der Waals surface area contributed by atoms with Gasteiger partial charge < -0.3 is 14.6 Å². The lowest BCUT2D eigenvalue weighted by molar-refractivity contribution is -0.121. The van der Waals surface area contributed by atoms with E-state index in [4.69, 9.17) is 4.74 Å². The van der Waals surface area contributed by atoms with Crippen LogP contribution in [0.1, 0.15) is 55.1 Å². The molecule has 5 nitrogen and oxygen atoms in total. The molecule has 1 atom stereocenters. The highest BCUT2D eigenvalue weighted by Crippen LogP contribution is 2.25. The molecular weight excluding hydrogens is 393 g/mol. The Hall–Kier alpha value is -3.15. The van der Waals surface area contributed by atoms with Gasteiger partial charge in [-0.1, -0.05) is 24.3 Å². The Morgan fingerprint density at radius 2 is 2.03 bits per heavy atom. The van der Waals surface area contributed by atoms with Crippen LogP contribution < -0.4 is 10.1 Å².